The number of para-hydroxylation sites is 3. The highest BCUT2D eigenvalue weighted by molar-refractivity contribution is 5.76. The Morgan fingerprint density at radius 2 is 1.49 bits per heavy atom. The van der Waals surface area contributed by atoms with Gasteiger partial charge in [-0.3, -0.25) is 0 Å². The Kier molecular flexibility index (Phi) is 7.62. The molecule has 0 aliphatic rings. The second kappa shape index (κ2) is 11.0. The number of aliphatic hydroxyl groups excluding tert-OH is 1. The Hall–Kier alpha value is -3.91. The number of aliphatic hydroxyl groups is 1. The van der Waals surface area contributed by atoms with Crippen LogP contribution in [0.1, 0.15) is 11.4 Å². The third-order valence-corrected chi connectivity index (χ3v) is 5.74. The van der Waals surface area contributed by atoms with Crippen LogP contribution in [-0.2, 0) is 13.0 Å². The molecule has 1 atom stereocenters. The van der Waals surface area contributed by atoms with Gasteiger partial charge in [0.25, 0.3) is 0 Å². The average Bonchev–Trinajstić information content (AvgIpc) is 3.23. The minimum absolute atomic E-state index is 0.0546. The third kappa shape index (κ3) is 5.27. The molecule has 0 saturated carbocycles. The molecule has 1 heterocycles. The van der Waals surface area contributed by atoms with Crippen molar-refractivity contribution in [2.24, 2.45) is 0 Å². The first kappa shape index (κ1) is 24.2. The molecule has 0 radical (unpaired) electrons. The molecule has 0 spiro atoms. The zero-order chi connectivity index (χ0) is 24.8. The second-order valence-electron chi connectivity index (χ2n) is 7.95. The van der Waals surface area contributed by atoms with Crippen LogP contribution in [0.2, 0.25) is 0 Å². The van der Waals surface area contributed by atoms with Crippen molar-refractivity contribution in [1.29, 1.82) is 0 Å². The van der Waals surface area contributed by atoms with E-state index in [4.69, 9.17) is 28.7 Å². The summed E-state index contributed by atoms with van der Waals surface area (Å²) in [5.74, 6) is 3.69. The molecular formula is C27H30N2O6. The van der Waals surface area contributed by atoms with E-state index in [1.165, 1.54) is 0 Å². The molecule has 0 saturated heterocycles. The SMILES string of the molecule is COc1ccc(Cc2nc3ccccc3n2CC(O)COc2c(OC)cccc2OC)cc1OC. The van der Waals surface area contributed by atoms with E-state index in [0.717, 1.165) is 22.4 Å². The lowest BCUT2D eigenvalue weighted by atomic mass is 10.1. The maximum absolute atomic E-state index is 10.9. The number of hydrogen-bond donors (Lipinski definition) is 1. The van der Waals surface area contributed by atoms with Crippen molar-refractivity contribution in [3.05, 3.63) is 72.1 Å². The molecule has 1 N–H and O–H groups in total. The fraction of sp³-hybridized carbons (Fsp3) is 0.296. The lowest BCUT2D eigenvalue weighted by Gasteiger charge is -2.18. The van der Waals surface area contributed by atoms with Gasteiger partial charge in [-0.25, -0.2) is 4.98 Å². The molecule has 4 aromatic rings. The molecule has 4 rings (SSSR count). The normalized spacial score (nSPS) is 11.8. The van der Waals surface area contributed by atoms with E-state index < -0.39 is 6.10 Å². The minimum atomic E-state index is -0.800. The van der Waals surface area contributed by atoms with Crippen molar-refractivity contribution in [1.82, 2.24) is 9.55 Å². The van der Waals surface area contributed by atoms with Gasteiger partial charge in [0.05, 0.1) is 46.0 Å². The van der Waals surface area contributed by atoms with Crippen LogP contribution in [0.5, 0.6) is 28.7 Å². The first-order valence-electron chi connectivity index (χ1n) is 11.2. The molecular weight excluding hydrogens is 448 g/mol. The molecule has 0 bridgehead atoms. The molecule has 0 amide bonds. The van der Waals surface area contributed by atoms with E-state index in [0.29, 0.717) is 41.7 Å². The number of hydrogen-bond acceptors (Lipinski definition) is 7. The van der Waals surface area contributed by atoms with Crippen LogP contribution in [0.4, 0.5) is 0 Å². The first-order valence-corrected chi connectivity index (χ1v) is 11.2. The van der Waals surface area contributed by atoms with Crippen LogP contribution in [-0.4, -0.2) is 55.8 Å². The van der Waals surface area contributed by atoms with Gasteiger partial charge < -0.3 is 33.4 Å². The summed E-state index contributed by atoms with van der Waals surface area (Å²) in [4.78, 5) is 4.83. The van der Waals surface area contributed by atoms with Crippen molar-refractivity contribution in [3.63, 3.8) is 0 Å². The van der Waals surface area contributed by atoms with E-state index in [2.05, 4.69) is 0 Å². The van der Waals surface area contributed by atoms with Crippen molar-refractivity contribution in [2.75, 3.05) is 35.0 Å². The number of nitrogens with zero attached hydrogens (tertiary/aromatic N) is 2. The van der Waals surface area contributed by atoms with Gasteiger partial charge in [0.15, 0.2) is 23.0 Å². The van der Waals surface area contributed by atoms with E-state index in [1.54, 1.807) is 40.6 Å². The van der Waals surface area contributed by atoms with Gasteiger partial charge >= 0.3 is 0 Å². The van der Waals surface area contributed by atoms with E-state index in [-0.39, 0.29) is 6.61 Å². The Balaban J connectivity index is 1.57. The van der Waals surface area contributed by atoms with Gasteiger partial charge in [0.1, 0.15) is 18.5 Å². The minimum Gasteiger partial charge on any atom is -0.493 e. The van der Waals surface area contributed by atoms with Gasteiger partial charge in [-0.05, 0) is 42.0 Å². The van der Waals surface area contributed by atoms with Crippen LogP contribution in [0.25, 0.3) is 11.0 Å². The molecule has 0 aliphatic carbocycles. The van der Waals surface area contributed by atoms with Crippen LogP contribution in [0, 0.1) is 0 Å². The summed E-state index contributed by atoms with van der Waals surface area (Å²) >= 11 is 0. The summed E-state index contributed by atoms with van der Waals surface area (Å²) in [5.41, 5.74) is 2.82. The largest absolute Gasteiger partial charge is 0.493 e. The molecule has 184 valence electrons. The number of methoxy groups -OCH3 is 4. The van der Waals surface area contributed by atoms with Gasteiger partial charge in [0.2, 0.25) is 5.75 Å². The number of aromatic nitrogens is 2. The lowest BCUT2D eigenvalue weighted by molar-refractivity contribution is 0.0897. The quantitative estimate of drug-likeness (QED) is 0.347. The molecule has 8 heteroatoms. The average molecular weight is 479 g/mol. The third-order valence-electron chi connectivity index (χ3n) is 5.74. The standard InChI is InChI=1S/C27H30N2O6/c1-31-22-13-12-18(14-25(22)34-4)15-26-28-20-8-5-6-9-21(20)29(26)16-19(30)17-35-27-23(32-2)10-7-11-24(27)33-3/h5-14,19,30H,15-17H2,1-4H3. The summed E-state index contributed by atoms with van der Waals surface area (Å²) in [7, 11) is 6.36. The molecule has 3 aromatic carbocycles. The predicted molar refractivity (Wildman–Crippen MR) is 133 cm³/mol. The monoisotopic (exact) mass is 478 g/mol. The Morgan fingerprint density at radius 3 is 2.17 bits per heavy atom. The zero-order valence-electron chi connectivity index (χ0n) is 20.4. The molecule has 1 unspecified atom stereocenters. The fourth-order valence-corrected chi connectivity index (χ4v) is 4.04. The van der Waals surface area contributed by atoms with Gasteiger partial charge in [-0.2, -0.15) is 0 Å². The molecule has 1 aromatic heterocycles. The number of fused-ring (bicyclic) bond motifs is 1. The molecule has 35 heavy (non-hydrogen) atoms. The highest BCUT2D eigenvalue weighted by atomic mass is 16.5. The topological polar surface area (TPSA) is 84.2 Å². The second-order valence-corrected chi connectivity index (χ2v) is 7.95. The summed E-state index contributed by atoms with van der Waals surface area (Å²) in [5, 5.41) is 10.9. The Labute approximate surface area is 204 Å². The highest BCUT2D eigenvalue weighted by Crippen LogP contribution is 2.37. The highest BCUT2D eigenvalue weighted by Gasteiger charge is 2.18. The number of imidazole rings is 1. The Morgan fingerprint density at radius 1 is 0.800 bits per heavy atom. The summed E-state index contributed by atoms with van der Waals surface area (Å²) < 4.78 is 29.5. The van der Waals surface area contributed by atoms with Crippen LogP contribution in [0.15, 0.2) is 60.7 Å². The fourth-order valence-electron chi connectivity index (χ4n) is 4.04. The molecule has 0 fully saturated rings. The Bertz CT molecular complexity index is 1260. The van der Waals surface area contributed by atoms with Crippen molar-refractivity contribution in [3.8, 4) is 28.7 Å². The van der Waals surface area contributed by atoms with Crippen molar-refractivity contribution >= 4 is 11.0 Å². The summed E-state index contributed by atoms with van der Waals surface area (Å²) in [6.07, 6.45) is -0.241. The van der Waals surface area contributed by atoms with Crippen molar-refractivity contribution < 1.29 is 28.8 Å². The van der Waals surface area contributed by atoms with E-state index >= 15 is 0 Å². The van der Waals surface area contributed by atoms with Crippen LogP contribution >= 0.6 is 0 Å². The first-order chi connectivity index (χ1) is 17.1. The van der Waals surface area contributed by atoms with Crippen LogP contribution < -0.4 is 23.7 Å². The number of rotatable bonds is 11. The van der Waals surface area contributed by atoms with Gasteiger partial charge in [-0.15, -0.1) is 0 Å². The van der Waals surface area contributed by atoms with Crippen molar-refractivity contribution in [2.45, 2.75) is 19.1 Å². The van der Waals surface area contributed by atoms with Gasteiger partial charge in [0, 0.05) is 6.42 Å². The summed E-state index contributed by atoms with van der Waals surface area (Å²) in [6.45, 7) is 0.361. The maximum Gasteiger partial charge on any atom is 0.203 e. The maximum atomic E-state index is 10.9. The smallest absolute Gasteiger partial charge is 0.203 e. The number of ether oxygens (including phenoxy) is 5. The van der Waals surface area contributed by atoms with Crippen LogP contribution in [0.3, 0.4) is 0 Å². The van der Waals surface area contributed by atoms with Gasteiger partial charge in [-0.1, -0.05) is 24.3 Å². The van der Waals surface area contributed by atoms with E-state index in [1.807, 2.05) is 53.1 Å². The molecule has 8 nitrogen and oxygen atoms in total. The lowest BCUT2D eigenvalue weighted by Crippen LogP contribution is -2.25. The zero-order valence-corrected chi connectivity index (χ0v) is 20.4. The summed E-state index contributed by atoms with van der Waals surface area (Å²) in [6, 6.07) is 19.1. The van der Waals surface area contributed by atoms with E-state index in [9.17, 15) is 5.11 Å². The predicted octanol–water partition coefficient (Wildman–Crippen LogP) is 4.10. The number of benzene rings is 3. The molecule has 0 aliphatic heterocycles.